The summed E-state index contributed by atoms with van der Waals surface area (Å²) < 4.78 is 2.17. The number of imidazole rings is 1. The molecule has 124 valence electrons. The molecular weight excluding hydrogens is 324 g/mol. The van der Waals surface area contributed by atoms with E-state index in [0.29, 0.717) is 6.04 Å². The van der Waals surface area contributed by atoms with Gasteiger partial charge in [0, 0.05) is 30.7 Å². The number of pyridine rings is 1. The average Bonchev–Trinajstić information content (AvgIpc) is 3.25. The minimum Gasteiger partial charge on any atom is -0.325 e. The predicted molar refractivity (Wildman–Crippen MR) is 94.8 cm³/mol. The minimum atomic E-state index is 0.254. The van der Waals surface area contributed by atoms with E-state index in [9.17, 15) is 0 Å². The van der Waals surface area contributed by atoms with Crippen molar-refractivity contribution in [2.45, 2.75) is 38.6 Å². The van der Waals surface area contributed by atoms with Gasteiger partial charge in [0.15, 0.2) is 17.0 Å². The highest BCUT2D eigenvalue weighted by atomic mass is 35.5. The molecule has 4 rings (SSSR count). The molecule has 0 amide bonds. The monoisotopic (exact) mass is 342 g/mol. The van der Waals surface area contributed by atoms with Gasteiger partial charge < -0.3 is 9.47 Å². The van der Waals surface area contributed by atoms with Crippen LogP contribution >= 0.6 is 11.6 Å². The molecule has 0 bridgehead atoms. The Labute approximate surface area is 145 Å². The first-order chi connectivity index (χ1) is 11.8. The van der Waals surface area contributed by atoms with Gasteiger partial charge in [0.25, 0.3) is 0 Å². The lowest BCUT2D eigenvalue weighted by Gasteiger charge is -2.22. The highest BCUT2D eigenvalue weighted by Gasteiger charge is 2.23. The minimum absolute atomic E-state index is 0.254. The Morgan fingerprint density at radius 1 is 1.21 bits per heavy atom. The molecular formula is C17H19ClN6. The number of aromatic nitrogens is 5. The molecule has 0 unspecified atom stereocenters. The Hall–Kier alpha value is -2.21. The molecule has 24 heavy (non-hydrogen) atoms. The van der Waals surface area contributed by atoms with Gasteiger partial charge in [0.1, 0.15) is 0 Å². The number of hydrogen-bond acceptors (Lipinski definition) is 5. The Balaban J connectivity index is 1.86. The van der Waals surface area contributed by atoms with Crippen LogP contribution in [0.1, 0.15) is 38.6 Å². The second-order valence-electron chi connectivity index (χ2n) is 6.03. The first-order valence-corrected chi connectivity index (χ1v) is 8.73. The third-order valence-electron chi connectivity index (χ3n) is 4.64. The fourth-order valence-electron chi connectivity index (χ4n) is 3.49. The van der Waals surface area contributed by atoms with Crippen molar-refractivity contribution < 1.29 is 0 Å². The van der Waals surface area contributed by atoms with Crippen LogP contribution in [0.15, 0.2) is 30.9 Å². The summed E-state index contributed by atoms with van der Waals surface area (Å²) in [6.07, 6.45) is 10.3. The van der Waals surface area contributed by atoms with Crippen LogP contribution in [-0.4, -0.2) is 31.0 Å². The van der Waals surface area contributed by atoms with E-state index < -0.39 is 0 Å². The molecule has 0 radical (unpaired) electrons. The maximum atomic E-state index is 6.25. The molecule has 3 heterocycles. The van der Waals surface area contributed by atoms with Crippen LogP contribution in [0.25, 0.3) is 11.2 Å². The summed E-state index contributed by atoms with van der Waals surface area (Å²) in [6.45, 7) is 2.83. The molecule has 7 heteroatoms. The zero-order valence-corrected chi connectivity index (χ0v) is 14.3. The van der Waals surface area contributed by atoms with E-state index in [0.717, 1.165) is 29.2 Å². The zero-order valence-electron chi connectivity index (χ0n) is 13.6. The molecule has 0 saturated heterocycles. The van der Waals surface area contributed by atoms with Gasteiger partial charge in [0.2, 0.25) is 5.28 Å². The summed E-state index contributed by atoms with van der Waals surface area (Å²) in [5.41, 5.74) is 2.63. The van der Waals surface area contributed by atoms with E-state index in [1.54, 1.807) is 12.4 Å². The lowest BCUT2D eigenvalue weighted by molar-refractivity contribution is 0.529. The number of nitrogens with zero attached hydrogens (tertiary/aromatic N) is 6. The third-order valence-corrected chi connectivity index (χ3v) is 4.81. The summed E-state index contributed by atoms with van der Waals surface area (Å²) in [4.78, 5) is 19.7. The van der Waals surface area contributed by atoms with Gasteiger partial charge in [-0.25, -0.2) is 4.98 Å². The number of halogens is 1. The van der Waals surface area contributed by atoms with Gasteiger partial charge in [-0.15, -0.1) is 0 Å². The summed E-state index contributed by atoms with van der Waals surface area (Å²) in [6, 6.07) is 4.38. The maximum absolute atomic E-state index is 6.25. The van der Waals surface area contributed by atoms with Crippen LogP contribution in [0.5, 0.6) is 0 Å². The topological polar surface area (TPSA) is 59.7 Å². The van der Waals surface area contributed by atoms with E-state index in [1.807, 2.05) is 18.5 Å². The molecule has 1 aliphatic rings. The first-order valence-electron chi connectivity index (χ1n) is 8.35. The van der Waals surface area contributed by atoms with Gasteiger partial charge in [-0.05, 0) is 43.5 Å². The van der Waals surface area contributed by atoms with E-state index in [-0.39, 0.29) is 5.28 Å². The predicted octanol–water partition coefficient (Wildman–Crippen LogP) is 4.15. The van der Waals surface area contributed by atoms with Crippen LogP contribution < -0.4 is 4.90 Å². The fourth-order valence-corrected chi connectivity index (χ4v) is 3.65. The molecule has 0 atom stereocenters. The molecule has 3 aromatic rings. The van der Waals surface area contributed by atoms with Crippen molar-refractivity contribution in [2.24, 2.45) is 0 Å². The average molecular weight is 343 g/mol. The van der Waals surface area contributed by atoms with Crippen LogP contribution in [0.3, 0.4) is 0 Å². The molecule has 6 nitrogen and oxygen atoms in total. The van der Waals surface area contributed by atoms with E-state index in [1.165, 1.54) is 25.7 Å². The van der Waals surface area contributed by atoms with Crippen molar-refractivity contribution in [1.29, 1.82) is 0 Å². The SMILES string of the molecule is CCN(c1ccncc1)c1nc(Cl)nc2c1ncn2C1CCCC1. The Bertz CT molecular complexity index is 841. The fraction of sp³-hybridized carbons (Fsp3) is 0.412. The van der Waals surface area contributed by atoms with E-state index in [4.69, 9.17) is 11.6 Å². The van der Waals surface area contributed by atoms with Crippen molar-refractivity contribution in [1.82, 2.24) is 24.5 Å². The van der Waals surface area contributed by atoms with Gasteiger partial charge in [-0.2, -0.15) is 9.97 Å². The number of rotatable bonds is 4. The highest BCUT2D eigenvalue weighted by Crippen LogP contribution is 2.35. The number of anilines is 2. The lowest BCUT2D eigenvalue weighted by Crippen LogP contribution is -2.18. The summed E-state index contributed by atoms with van der Waals surface area (Å²) in [7, 11) is 0. The van der Waals surface area contributed by atoms with Crippen molar-refractivity contribution in [2.75, 3.05) is 11.4 Å². The van der Waals surface area contributed by atoms with E-state index >= 15 is 0 Å². The van der Waals surface area contributed by atoms with Gasteiger partial charge in [-0.3, -0.25) is 4.98 Å². The largest absolute Gasteiger partial charge is 0.325 e. The quantitative estimate of drug-likeness (QED) is 0.667. The molecule has 1 saturated carbocycles. The first kappa shape index (κ1) is 15.3. The van der Waals surface area contributed by atoms with Crippen molar-refractivity contribution >= 4 is 34.3 Å². The lowest BCUT2D eigenvalue weighted by atomic mass is 10.2. The molecule has 0 N–H and O–H groups in total. The van der Waals surface area contributed by atoms with Gasteiger partial charge >= 0.3 is 0 Å². The van der Waals surface area contributed by atoms with Crippen molar-refractivity contribution in [3.8, 4) is 0 Å². The maximum Gasteiger partial charge on any atom is 0.226 e. The summed E-state index contributed by atoms with van der Waals surface area (Å²) in [5.74, 6) is 0.746. The standard InChI is InChI=1S/C17H19ClN6/c1-2-23(13-7-9-19-10-8-13)15-14-16(22-17(18)21-15)24(11-20-14)12-5-3-4-6-12/h7-12H,2-6H2,1H3. The summed E-state index contributed by atoms with van der Waals surface area (Å²) >= 11 is 6.25. The van der Waals surface area contributed by atoms with Gasteiger partial charge in [0.05, 0.1) is 6.33 Å². The normalized spacial score (nSPS) is 15.2. The second-order valence-corrected chi connectivity index (χ2v) is 6.37. The highest BCUT2D eigenvalue weighted by molar-refractivity contribution is 6.28. The van der Waals surface area contributed by atoms with Crippen LogP contribution in [-0.2, 0) is 0 Å². The smallest absolute Gasteiger partial charge is 0.226 e. The van der Waals surface area contributed by atoms with Crippen molar-refractivity contribution in [3.63, 3.8) is 0 Å². The van der Waals surface area contributed by atoms with Crippen LogP contribution in [0.4, 0.5) is 11.5 Å². The molecule has 1 aliphatic carbocycles. The number of fused-ring (bicyclic) bond motifs is 1. The molecule has 3 aromatic heterocycles. The Morgan fingerprint density at radius 3 is 2.67 bits per heavy atom. The second kappa shape index (κ2) is 6.36. The van der Waals surface area contributed by atoms with Crippen LogP contribution in [0, 0.1) is 0 Å². The molecule has 0 spiro atoms. The van der Waals surface area contributed by atoms with Gasteiger partial charge in [-0.1, -0.05) is 12.8 Å². The van der Waals surface area contributed by atoms with E-state index in [2.05, 4.69) is 36.3 Å². The molecule has 1 fully saturated rings. The zero-order chi connectivity index (χ0) is 16.5. The van der Waals surface area contributed by atoms with Crippen LogP contribution in [0.2, 0.25) is 5.28 Å². The molecule has 0 aliphatic heterocycles. The molecule has 0 aromatic carbocycles. The number of hydrogen-bond donors (Lipinski definition) is 0. The Kier molecular flexibility index (Phi) is 4.06. The van der Waals surface area contributed by atoms with Crippen molar-refractivity contribution in [3.05, 3.63) is 36.1 Å². The summed E-state index contributed by atoms with van der Waals surface area (Å²) in [5, 5.41) is 0.254. The Morgan fingerprint density at radius 2 is 1.96 bits per heavy atom. The third kappa shape index (κ3) is 2.60.